The van der Waals surface area contributed by atoms with Crippen LogP contribution in [0.5, 0.6) is 0 Å². The molecule has 0 aliphatic heterocycles. The van der Waals surface area contributed by atoms with Crippen molar-refractivity contribution >= 4 is 28.3 Å². The first-order chi connectivity index (χ1) is 16.2. The Kier molecular flexibility index (Phi) is 5.18. The fraction of sp³-hybridized carbons (Fsp3) is 0.261. The van der Waals surface area contributed by atoms with Gasteiger partial charge in [0.2, 0.25) is 0 Å². The minimum Gasteiger partial charge on any atom is -0.383 e. The van der Waals surface area contributed by atoms with E-state index in [4.69, 9.17) is 5.73 Å². The van der Waals surface area contributed by atoms with Gasteiger partial charge in [0.1, 0.15) is 11.5 Å². The topological polar surface area (TPSA) is 103 Å². The van der Waals surface area contributed by atoms with Gasteiger partial charge in [-0.1, -0.05) is 0 Å². The number of nitrogens with zero attached hydrogens (tertiary/aromatic N) is 6. The van der Waals surface area contributed by atoms with Gasteiger partial charge in [0.05, 0.1) is 41.4 Å². The molecule has 5 rings (SSSR count). The third-order valence-electron chi connectivity index (χ3n) is 5.92. The maximum Gasteiger partial charge on any atom is 0.417 e. The van der Waals surface area contributed by atoms with E-state index in [1.807, 2.05) is 0 Å². The number of nitrogens with two attached hydrogens (primary N) is 1. The smallest absolute Gasteiger partial charge is 0.383 e. The number of rotatable bonds is 4. The number of pyridine rings is 3. The van der Waals surface area contributed by atoms with Crippen LogP contribution in [0.2, 0.25) is 0 Å². The monoisotopic (exact) mass is 467 g/mol. The molecule has 2 N–H and O–H groups in total. The largest absolute Gasteiger partial charge is 0.417 e. The molecule has 0 unspecified atom stereocenters. The first-order valence-corrected chi connectivity index (χ1v) is 10.6. The summed E-state index contributed by atoms with van der Waals surface area (Å²) in [6.45, 7) is -0.0551. The van der Waals surface area contributed by atoms with Crippen molar-refractivity contribution in [1.82, 2.24) is 24.7 Å². The molecular weight excluding hydrogens is 447 g/mol. The van der Waals surface area contributed by atoms with Gasteiger partial charge >= 0.3 is 6.18 Å². The third-order valence-corrected chi connectivity index (χ3v) is 5.92. The minimum absolute atomic E-state index is 0.0551. The van der Waals surface area contributed by atoms with Gasteiger partial charge in [0, 0.05) is 24.8 Å². The van der Waals surface area contributed by atoms with Gasteiger partial charge in [-0.25, -0.2) is 9.97 Å². The van der Waals surface area contributed by atoms with Gasteiger partial charge in [-0.2, -0.15) is 18.3 Å². The summed E-state index contributed by atoms with van der Waals surface area (Å²) >= 11 is 0. The van der Waals surface area contributed by atoms with Crippen molar-refractivity contribution in [2.75, 3.05) is 10.6 Å². The zero-order valence-corrected chi connectivity index (χ0v) is 18.2. The summed E-state index contributed by atoms with van der Waals surface area (Å²) in [5.41, 5.74) is 8.88. The molecule has 1 aliphatic carbocycles. The Labute approximate surface area is 192 Å². The van der Waals surface area contributed by atoms with Crippen molar-refractivity contribution in [3.63, 3.8) is 0 Å². The number of aryl methyl sites for hydroxylation is 2. The number of fused-ring (bicyclic) bond motifs is 3. The summed E-state index contributed by atoms with van der Waals surface area (Å²) in [6.07, 6.45) is 3.59. The quantitative estimate of drug-likeness (QED) is 0.491. The molecule has 0 bridgehead atoms. The highest BCUT2D eigenvalue weighted by atomic mass is 19.4. The number of carbonyl (C=O) groups excluding carboxylic acids is 1. The molecule has 11 heteroatoms. The van der Waals surface area contributed by atoms with E-state index < -0.39 is 17.6 Å². The van der Waals surface area contributed by atoms with Crippen LogP contribution in [0.25, 0.3) is 10.9 Å². The lowest BCUT2D eigenvalue weighted by atomic mass is 10.1. The lowest BCUT2D eigenvalue weighted by Crippen LogP contribution is -2.31. The van der Waals surface area contributed by atoms with Gasteiger partial charge in [-0.3, -0.25) is 19.4 Å². The highest BCUT2D eigenvalue weighted by Gasteiger charge is 2.31. The van der Waals surface area contributed by atoms with Crippen LogP contribution in [0, 0.1) is 0 Å². The second kappa shape index (κ2) is 8.08. The van der Waals surface area contributed by atoms with E-state index in [0.717, 1.165) is 48.0 Å². The first-order valence-electron chi connectivity index (χ1n) is 10.6. The highest BCUT2D eigenvalue weighted by molar-refractivity contribution is 6.06. The molecule has 1 amide bonds. The number of anilines is 2. The summed E-state index contributed by atoms with van der Waals surface area (Å²) in [5.74, 6) is 0.0615. The first kappa shape index (κ1) is 21.8. The van der Waals surface area contributed by atoms with Gasteiger partial charge in [0.25, 0.3) is 5.91 Å². The molecule has 8 nitrogen and oxygen atoms in total. The predicted molar refractivity (Wildman–Crippen MR) is 119 cm³/mol. The van der Waals surface area contributed by atoms with Crippen molar-refractivity contribution in [3.05, 3.63) is 71.1 Å². The van der Waals surface area contributed by atoms with Crippen LogP contribution >= 0.6 is 0 Å². The highest BCUT2D eigenvalue weighted by Crippen LogP contribution is 2.33. The van der Waals surface area contributed by atoms with E-state index >= 15 is 0 Å². The van der Waals surface area contributed by atoms with E-state index in [9.17, 15) is 18.0 Å². The van der Waals surface area contributed by atoms with Crippen LogP contribution in [0.3, 0.4) is 0 Å². The standard InChI is InChI=1S/C23H20F3N7O/c1-32-12-15(9-30-32)33(11-14-6-5-13(8-28-14)23(24,25)26)22(34)19-7-18-16-3-2-4-17(16)21(27)31-20(18)10-29-19/h5-10,12H,2-4,11H2,1H3,(H2,27,31). The van der Waals surface area contributed by atoms with Crippen molar-refractivity contribution in [2.24, 2.45) is 7.05 Å². The van der Waals surface area contributed by atoms with E-state index in [2.05, 4.69) is 20.1 Å². The lowest BCUT2D eigenvalue weighted by molar-refractivity contribution is -0.137. The molecule has 0 spiro atoms. The molecule has 4 aromatic heterocycles. The molecule has 34 heavy (non-hydrogen) atoms. The summed E-state index contributed by atoms with van der Waals surface area (Å²) in [7, 11) is 1.70. The summed E-state index contributed by atoms with van der Waals surface area (Å²) in [6, 6.07) is 3.91. The molecule has 0 saturated carbocycles. The van der Waals surface area contributed by atoms with Crippen molar-refractivity contribution < 1.29 is 18.0 Å². The Bertz CT molecular complexity index is 1400. The number of alkyl halides is 3. The second-order valence-electron chi connectivity index (χ2n) is 8.19. The maximum absolute atomic E-state index is 13.6. The number of carbonyl (C=O) groups is 1. The Morgan fingerprint density at radius 2 is 1.94 bits per heavy atom. The molecule has 1 aliphatic rings. The van der Waals surface area contributed by atoms with Gasteiger partial charge in [-0.15, -0.1) is 0 Å². The summed E-state index contributed by atoms with van der Waals surface area (Å²) < 4.78 is 40.3. The normalized spacial score (nSPS) is 13.3. The van der Waals surface area contributed by atoms with E-state index in [1.165, 1.54) is 28.0 Å². The fourth-order valence-electron chi connectivity index (χ4n) is 4.23. The Morgan fingerprint density at radius 3 is 2.62 bits per heavy atom. The number of halogens is 3. The number of amides is 1. The molecule has 0 atom stereocenters. The van der Waals surface area contributed by atoms with E-state index in [1.54, 1.807) is 19.3 Å². The van der Waals surface area contributed by atoms with Gasteiger partial charge < -0.3 is 5.73 Å². The molecule has 0 fully saturated rings. The molecule has 4 aromatic rings. The average molecular weight is 467 g/mol. The Hall–Kier alpha value is -4.02. The number of hydrogen-bond acceptors (Lipinski definition) is 6. The zero-order valence-electron chi connectivity index (χ0n) is 18.2. The van der Waals surface area contributed by atoms with Crippen molar-refractivity contribution in [3.8, 4) is 0 Å². The number of aromatic nitrogens is 5. The maximum atomic E-state index is 13.6. The summed E-state index contributed by atoms with van der Waals surface area (Å²) in [5, 5.41) is 4.95. The number of hydrogen-bond donors (Lipinski definition) is 1. The lowest BCUT2D eigenvalue weighted by Gasteiger charge is -2.21. The Morgan fingerprint density at radius 1 is 1.15 bits per heavy atom. The van der Waals surface area contributed by atoms with Crippen LogP contribution in [-0.2, 0) is 32.6 Å². The fourth-order valence-corrected chi connectivity index (χ4v) is 4.23. The van der Waals surface area contributed by atoms with Crippen LogP contribution < -0.4 is 10.6 Å². The van der Waals surface area contributed by atoms with E-state index in [-0.39, 0.29) is 12.2 Å². The van der Waals surface area contributed by atoms with Crippen LogP contribution in [0.4, 0.5) is 24.7 Å². The minimum atomic E-state index is -4.49. The van der Waals surface area contributed by atoms with Crippen molar-refractivity contribution in [2.45, 2.75) is 32.0 Å². The molecule has 0 aromatic carbocycles. The summed E-state index contributed by atoms with van der Waals surface area (Å²) in [4.78, 5) is 27.6. The molecule has 0 saturated heterocycles. The second-order valence-corrected chi connectivity index (χ2v) is 8.19. The van der Waals surface area contributed by atoms with E-state index in [0.29, 0.717) is 22.7 Å². The Balaban J connectivity index is 1.52. The van der Waals surface area contributed by atoms with Crippen LogP contribution in [0.15, 0.2) is 43.0 Å². The molecule has 0 radical (unpaired) electrons. The van der Waals surface area contributed by atoms with Crippen molar-refractivity contribution in [1.29, 1.82) is 0 Å². The van der Waals surface area contributed by atoms with Crippen LogP contribution in [-0.4, -0.2) is 30.6 Å². The SMILES string of the molecule is Cn1cc(N(Cc2ccc(C(F)(F)F)cn2)C(=O)c2cc3c4c(c(N)nc3cn2)CCC4)cn1. The predicted octanol–water partition coefficient (Wildman–Crippen LogP) is 3.70. The van der Waals surface area contributed by atoms with Crippen LogP contribution in [0.1, 0.15) is 39.3 Å². The van der Waals surface area contributed by atoms with Gasteiger partial charge in [-0.05, 0) is 48.6 Å². The third kappa shape index (κ3) is 3.93. The molecule has 174 valence electrons. The molecule has 4 heterocycles. The number of nitrogen functional groups attached to an aromatic ring is 1. The van der Waals surface area contributed by atoms with Gasteiger partial charge in [0.15, 0.2) is 0 Å². The zero-order chi connectivity index (χ0) is 24.0. The molecular formula is C23H20F3N7O. The average Bonchev–Trinajstić information content (AvgIpc) is 3.46.